The van der Waals surface area contributed by atoms with Gasteiger partial charge < -0.3 is 21.1 Å². The summed E-state index contributed by atoms with van der Waals surface area (Å²) in [6.07, 6.45) is -8.47. The Bertz CT molecular complexity index is 2390. The van der Waals surface area contributed by atoms with Crippen LogP contribution < -0.4 is 26.5 Å². The number of benzene rings is 4. The fraction of sp³-hybridized carbons (Fsp3) is 0.400. The highest BCUT2D eigenvalue weighted by Gasteiger charge is 2.53. The Labute approximate surface area is 294 Å². The van der Waals surface area contributed by atoms with Crippen molar-refractivity contribution in [2.75, 3.05) is 16.0 Å². The predicted molar refractivity (Wildman–Crippen MR) is 188 cm³/mol. The van der Waals surface area contributed by atoms with Crippen LogP contribution in [0.3, 0.4) is 0 Å². The number of hydrogen-bond donors (Lipinski definition) is 4. The maximum Gasteiger partial charge on any atom is 0.391 e. The lowest BCUT2D eigenvalue weighted by molar-refractivity contribution is -0.190. The molecule has 0 saturated heterocycles. The van der Waals surface area contributed by atoms with Crippen molar-refractivity contribution < 1.29 is 36.2 Å². The molecule has 0 radical (unpaired) electrons. The molecule has 5 aliphatic rings. The first-order chi connectivity index (χ1) is 24.5. The second-order valence-corrected chi connectivity index (χ2v) is 15.8. The SMILES string of the molecule is CC1CC(C(F)(F)F)CC2(C1)N=c1/c(=C3/C(=O)C(c4ccc5cccc6c5c4NC4(CC(C)CC(C(F)(F)F)C4)N6)=C3O)ccc3cccc(c13)N2. The van der Waals surface area contributed by atoms with Crippen LogP contribution in [-0.4, -0.2) is 34.6 Å². The van der Waals surface area contributed by atoms with E-state index in [-0.39, 0.29) is 54.4 Å². The molecule has 52 heavy (non-hydrogen) atoms. The summed E-state index contributed by atoms with van der Waals surface area (Å²) in [4.78, 5) is 19.3. The highest BCUT2D eigenvalue weighted by atomic mass is 19.4. The molecule has 6 nitrogen and oxygen atoms in total. The van der Waals surface area contributed by atoms with E-state index in [2.05, 4.69) is 16.0 Å². The molecule has 2 fully saturated rings. The van der Waals surface area contributed by atoms with Crippen LogP contribution in [0.4, 0.5) is 43.4 Å². The van der Waals surface area contributed by atoms with Crippen LogP contribution in [0.2, 0.25) is 0 Å². The smallest absolute Gasteiger partial charge is 0.391 e. The van der Waals surface area contributed by atoms with Gasteiger partial charge >= 0.3 is 12.4 Å². The van der Waals surface area contributed by atoms with Gasteiger partial charge in [0.25, 0.3) is 0 Å². The maximum atomic E-state index is 14.3. The van der Waals surface area contributed by atoms with Crippen LogP contribution in [0.15, 0.2) is 71.4 Å². The molecule has 12 heteroatoms. The third-order valence-electron chi connectivity index (χ3n) is 11.8. The van der Waals surface area contributed by atoms with Crippen molar-refractivity contribution in [1.29, 1.82) is 0 Å². The van der Waals surface area contributed by atoms with Gasteiger partial charge in [0, 0.05) is 45.8 Å². The Kier molecular flexibility index (Phi) is 6.94. The zero-order chi connectivity index (χ0) is 36.5. The molecule has 270 valence electrons. The second kappa shape index (κ2) is 10.9. The summed E-state index contributed by atoms with van der Waals surface area (Å²) in [5.41, 5.74) is -0.283. The van der Waals surface area contributed by atoms with E-state index >= 15 is 0 Å². The molecule has 4 aromatic carbocycles. The summed E-state index contributed by atoms with van der Waals surface area (Å²) in [7, 11) is 0. The standard InChI is InChI=1S/C40H36F6N4O2/c1-19-13-23(39(41,42)43)17-37(15-19)47-27-7-3-5-21-9-11-25(33(49-37)29(21)27)31-35(51)32(36(31)52)26-12-10-22-6-4-8-28-30(22)34(26)50-38(48-28)16-20(2)14-24(18-38)40(44,45)46/h3-12,19-20,23-24,47-49,51H,13-18H2,1-2H3/b32-26+. The first-order valence-electron chi connectivity index (χ1n) is 17.7. The molecule has 9 rings (SSSR count). The van der Waals surface area contributed by atoms with Gasteiger partial charge in [-0.05, 0) is 60.4 Å². The zero-order valence-electron chi connectivity index (χ0n) is 28.4. The van der Waals surface area contributed by atoms with Crippen molar-refractivity contribution in [3.8, 4) is 0 Å². The number of ketones is 1. The van der Waals surface area contributed by atoms with E-state index in [1.807, 2.05) is 36.4 Å². The molecule has 0 bridgehead atoms. The van der Waals surface area contributed by atoms with Crippen LogP contribution in [0, 0.1) is 23.7 Å². The summed E-state index contributed by atoms with van der Waals surface area (Å²) < 4.78 is 84.8. The van der Waals surface area contributed by atoms with Crippen LogP contribution in [0.25, 0.3) is 32.7 Å². The number of anilines is 3. The summed E-state index contributed by atoms with van der Waals surface area (Å²) in [6.45, 7) is 3.59. The number of nitrogens with one attached hydrogen (secondary N) is 3. The Hall–Kier alpha value is -4.74. The minimum Gasteiger partial charge on any atom is -0.506 e. The lowest BCUT2D eigenvalue weighted by atomic mass is 9.73. The van der Waals surface area contributed by atoms with E-state index in [0.717, 1.165) is 10.8 Å². The average molecular weight is 719 g/mol. The molecular weight excluding hydrogens is 682 g/mol. The van der Waals surface area contributed by atoms with Crippen molar-refractivity contribution in [2.45, 2.75) is 76.1 Å². The first kappa shape index (κ1) is 33.1. The van der Waals surface area contributed by atoms with Crippen molar-refractivity contribution in [3.63, 3.8) is 0 Å². The number of Topliss-reactive ketones (excluding diaryl/α,β-unsaturated/α-hetero) is 1. The van der Waals surface area contributed by atoms with Gasteiger partial charge in [-0.25, -0.2) is 0 Å². The minimum absolute atomic E-state index is 0.000319. The molecule has 0 amide bonds. The van der Waals surface area contributed by atoms with Crippen molar-refractivity contribution >= 4 is 55.5 Å². The van der Waals surface area contributed by atoms with Crippen molar-refractivity contribution in [2.24, 2.45) is 28.7 Å². The number of nitrogens with zero attached hydrogens (tertiary/aromatic N) is 1. The predicted octanol–water partition coefficient (Wildman–Crippen LogP) is 8.97. The molecule has 4 N–H and O–H groups in total. The summed E-state index contributed by atoms with van der Waals surface area (Å²) in [5.74, 6) is -4.39. The molecule has 2 spiro atoms. The Morgan fingerprint density at radius 1 is 0.712 bits per heavy atom. The highest BCUT2D eigenvalue weighted by Crippen LogP contribution is 2.52. The first-order valence-corrected chi connectivity index (χ1v) is 17.7. The summed E-state index contributed by atoms with van der Waals surface area (Å²) in [5, 5.41) is 25.6. The van der Waals surface area contributed by atoms with Gasteiger partial charge in [0.1, 0.15) is 17.1 Å². The second-order valence-electron chi connectivity index (χ2n) is 15.8. The van der Waals surface area contributed by atoms with Gasteiger partial charge in [-0.1, -0.05) is 62.4 Å². The molecular formula is C40H36F6N4O2. The van der Waals surface area contributed by atoms with Gasteiger partial charge in [-0.3, -0.25) is 9.79 Å². The Morgan fingerprint density at radius 3 is 2.00 bits per heavy atom. The highest BCUT2D eigenvalue weighted by molar-refractivity contribution is 6.52. The molecule has 0 aromatic heterocycles. The molecule has 2 saturated carbocycles. The fourth-order valence-corrected chi connectivity index (χ4v) is 9.89. The maximum absolute atomic E-state index is 14.3. The molecule has 2 heterocycles. The van der Waals surface area contributed by atoms with E-state index in [1.165, 1.54) is 0 Å². The number of aliphatic hydroxyl groups excluding tert-OH is 1. The number of hydrogen-bond acceptors (Lipinski definition) is 6. The van der Waals surface area contributed by atoms with Gasteiger partial charge in [0.2, 0.25) is 5.78 Å². The van der Waals surface area contributed by atoms with Crippen LogP contribution in [0.1, 0.15) is 57.9 Å². The number of aliphatic hydroxyl groups is 1. The monoisotopic (exact) mass is 718 g/mol. The largest absolute Gasteiger partial charge is 0.506 e. The van der Waals surface area contributed by atoms with Crippen LogP contribution >= 0.6 is 0 Å². The quantitative estimate of drug-likeness (QED) is 0.148. The van der Waals surface area contributed by atoms with E-state index in [0.29, 0.717) is 56.8 Å². The minimum atomic E-state index is -4.40. The lowest BCUT2D eigenvalue weighted by Crippen LogP contribution is -2.55. The number of carbonyl (C=O) groups is 1. The average Bonchev–Trinajstić information content (AvgIpc) is 3.05. The molecule has 6 unspecified atom stereocenters. The number of alkyl halides is 6. The van der Waals surface area contributed by atoms with Crippen molar-refractivity contribution in [1.82, 2.24) is 0 Å². The van der Waals surface area contributed by atoms with Gasteiger partial charge in [0.15, 0.2) is 0 Å². The third kappa shape index (κ3) is 4.99. The summed E-state index contributed by atoms with van der Waals surface area (Å²) in [6, 6.07) is 18.0. The van der Waals surface area contributed by atoms with Gasteiger partial charge in [0.05, 0.1) is 34.0 Å². The lowest BCUT2D eigenvalue weighted by Gasteiger charge is -2.49. The van der Waals surface area contributed by atoms with E-state index < -0.39 is 41.3 Å². The fourth-order valence-electron chi connectivity index (χ4n) is 9.89. The molecule has 2 aliphatic heterocycles. The topological polar surface area (TPSA) is 85.8 Å². The van der Waals surface area contributed by atoms with Crippen LogP contribution in [-0.2, 0) is 4.79 Å². The van der Waals surface area contributed by atoms with E-state index in [1.54, 1.807) is 38.1 Å². The zero-order valence-corrected chi connectivity index (χ0v) is 28.4. The number of halogens is 6. The number of rotatable bonds is 1. The van der Waals surface area contributed by atoms with Crippen LogP contribution in [0.5, 0.6) is 0 Å². The van der Waals surface area contributed by atoms with Crippen molar-refractivity contribution in [3.05, 3.63) is 82.6 Å². The Balaban J connectivity index is 1.22. The molecule has 6 atom stereocenters. The normalized spacial score (nSPS) is 30.9. The number of carbonyl (C=O) groups excluding carboxylic acids is 1. The van der Waals surface area contributed by atoms with Gasteiger partial charge in [-0.15, -0.1) is 0 Å². The van der Waals surface area contributed by atoms with E-state index in [9.17, 15) is 36.2 Å². The van der Waals surface area contributed by atoms with E-state index in [4.69, 9.17) is 4.99 Å². The number of allylic oxidation sites excluding steroid dienone is 2. The molecule has 3 aliphatic carbocycles. The van der Waals surface area contributed by atoms with Gasteiger partial charge in [-0.2, -0.15) is 26.3 Å². The third-order valence-corrected chi connectivity index (χ3v) is 11.8. The Morgan fingerprint density at radius 2 is 1.33 bits per heavy atom. The summed E-state index contributed by atoms with van der Waals surface area (Å²) >= 11 is 0. The molecule has 4 aromatic rings.